The molecule has 1 aromatic heterocycles. The molecule has 7 heteroatoms. The number of anilines is 2. The van der Waals surface area contributed by atoms with Crippen LogP contribution < -0.4 is 15.8 Å². The minimum Gasteiger partial charge on any atom is -0.461 e. The van der Waals surface area contributed by atoms with Gasteiger partial charge in [0.2, 0.25) is 11.9 Å². The van der Waals surface area contributed by atoms with Gasteiger partial charge in [0.1, 0.15) is 0 Å². The molecular weight excluding hydrogens is 246 g/mol. The number of hydrogen-bond acceptors (Lipinski definition) is 7. The zero-order chi connectivity index (χ0) is 13.8. The molecule has 2 rings (SSSR count). The Morgan fingerprint density at radius 2 is 2.05 bits per heavy atom. The molecule has 0 bridgehead atoms. The topological polar surface area (TPSA) is 95.2 Å². The first-order valence-electron chi connectivity index (χ1n) is 6.63. The second-order valence-corrected chi connectivity index (χ2v) is 4.86. The van der Waals surface area contributed by atoms with Gasteiger partial charge in [-0.2, -0.15) is 15.0 Å². The molecule has 0 aromatic carbocycles. The van der Waals surface area contributed by atoms with E-state index in [0.29, 0.717) is 18.1 Å². The van der Waals surface area contributed by atoms with Crippen LogP contribution in [-0.2, 0) is 4.74 Å². The highest BCUT2D eigenvalue weighted by molar-refractivity contribution is 5.34. The molecule has 0 amide bonds. The predicted octanol–water partition coefficient (Wildman–Crippen LogP) is 1.22. The summed E-state index contributed by atoms with van der Waals surface area (Å²) in [6, 6.07) is 0.580. The zero-order valence-corrected chi connectivity index (χ0v) is 11.6. The Kier molecular flexibility index (Phi) is 4.36. The Labute approximate surface area is 112 Å². The highest BCUT2D eigenvalue weighted by Gasteiger charge is 2.30. The van der Waals surface area contributed by atoms with E-state index in [1.807, 2.05) is 20.8 Å². The van der Waals surface area contributed by atoms with Crippen LogP contribution in [0.3, 0.4) is 0 Å². The fourth-order valence-electron chi connectivity index (χ4n) is 1.94. The van der Waals surface area contributed by atoms with Crippen LogP contribution in [0.2, 0.25) is 0 Å². The van der Waals surface area contributed by atoms with Gasteiger partial charge in [-0.05, 0) is 33.6 Å². The lowest BCUT2D eigenvalue weighted by atomic mass is 9.89. The maximum absolute atomic E-state index is 5.64. The molecule has 1 saturated carbocycles. The van der Waals surface area contributed by atoms with Gasteiger partial charge in [0.15, 0.2) is 0 Å². The summed E-state index contributed by atoms with van der Waals surface area (Å²) in [6.45, 7) is 6.57. The number of hydrogen-bond donors (Lipinski definition) is 2. The Bertz CT molecular complexity index is 421. The van der Waals surface area contributed by atoms with Crippen molar-refractivity contribution < 1.29 is 9.47 Å². The number of nitrogens with two attached hydrogens (primary N) is 1. The van der Waals surface area contributed by atoms with Gasteiger partial charge in [-0.15, -0.1) is 0 Å². The summed E-state index contributed by atoms with van der Waals surface area (Å²) in [6.07, 6.45) is 2.26. The Balaban J connectivity index is 1.92. The Morgan fingerprint density at radius 3 is 2.68 bits per heavy atom. The van der Waals surface area contributed by atoms with Crippen molar-refractivity contribution in [3.05, 3.63) is 0 Å². The molecular formula is C12H21N5O2. The number of aromatic nitrogens is 3. The van der Waals surface area contributed by atoms with E-state index < -0.39 is 0 Å². The minimum atomic E-state index is 0.000636. The van der Waals surface area contributed by atoms with Gasteiger partial charge in [-0.1, -0.05) is 0 Å². The van der Waals surface area contributed by atoms with Crippen LogP contribution in [0, 0.1) is 0 Å². The summed E-state index contributed by atoms with van der Waals surface area (Å²) in [5.74, 6) is 0.622. The fraction of sp³-hybridized carbons (Fsp3) is 0.750. The monoisotopic (exact) mass is 267 g/mol. The molecule has 0 atom stereocenters. The van der Waals surface area contributed by atoms with Gasteiger partial charge in [-0.25, -0.2) is 0 Å². The van der Waals surface area contributed by atoms with Crippen molar-refractivity contribution in [2.75, 3.05) is 17.7 Å². The van der Waals surface area contributed by atoms with E-state index in [1.54, 1.807) is 0 Å². The van der Waals surface area contributed by atoms with E-state index in [0.717, 1.165) is 19.4 Å². The average molecular weight is 267 g/mol. The third-order valence-corrected chi connectivity index (χ3v) is 2.80. The molecule has 0 aliphatic heterocycles. The largest absolute Gasteiger partial charge is 0.461 e. The van der Waals surface area contributed by atoms with Crippen LogP contribution in [0.5, 0.6) is 6.01 Å². The van der Waals surface area contributed by atoms with Crippen LogP contribution in [0.15, 0.2) is 0 Å². The average Bonchev–Trinajstić information content (AvgIpc) is 2.24. The number of rotatable bonds is 6. The number of nitrogens with zero attached hydrogens (tertiary/aromatic N) is 3. The molecule has 0 unspecified atom stereocenters. The van der Waals surface area contributed by atoms with E-state index in [9.17, 15) is 0 Å². The van der Waals surface area contributed by atoms with E-state index in [2.05, 4.69) is 20.3 Å². The van der Waals surface area contributed by atoms with E-state index in [4.69, 9.17) is 15.2 Å². The van der Waals surface area contributed by atoms with Gasteiger partial charge in [0.25, 0.3) is 0 Å². The van der Waals surface area contributed by atoms with E-state index in [-0.39, 0.29) is 18.1 Å². The summed E-state index contributed by atoms with van der Waals surface area (Å²) in [5, 5.41) is 3.22. The molecule has 0 saturated heterocycles. The summed E-state index contributed by atoms with van der Waals surface area (Å²) in [5.41, 5.74) is 5.64. The molecule has 1 aliphatic rings. The molecule has 0 spiro atoms. The van der Waals surface area contributed by atoms with Crippen LogP contribution in [-0.4, -0.2) is 39.8 Å². The third kappa shape index (κ3) is 3.92. The predicted molar refractivity (Wildman–Crippen MR) is 72.1 cm³/mol. The van der Waals surface area contributed by atoms with Crippen LogP contribution in [0.4, 0.5) is 11.9 Å². The van der Waals surface area contributed by atoms with Crippen molar-refractivity contribution >= 4 is 11.9 Å². The van der Waals surface area contributed by atoms with Crippen molar-refractivity contribution in [2.45, 2.75) is 51.9 Å². The van der Waals surface area contributed by atoms with Gasteiger partial charge in [0, 0.05) is 12.6 Å². The van der Waals surface area contributed by atoms with Gasteiger partial charge in [0.05, 0.1) is 12.2 Å². The number of nitrogen functional groups attached to an aromatic ring is 1. The highest BCUT2D eigenvalue weighted by atomic mass is 16.5. The molecule has 1 fully saturated rings. The molecule has 1 aromatic rings. The quantitative estimate of drug-likeness (QED) is 0.800. The lowest BCUT2D eigenvalue weighted by Crippen LogP contribution is -2.41. The number of ether oxygens (including phenoxy) is 2. The summed E-state index contributed by atoms with van der Waals surface area (Å²) >= 11 is 0. The Hall–Kier alpha value is -1.63. The van der Waals surface area contributed by atoms with Gasteiger partial charge >= 0.3 is 6.01 Å². The second kappa shape index (κ2) is 6.01. The van der Waals surface area contributed by atoms with Gasteiger partial charge in [-0.3, -0.25) is 0 Å². The molecule has 19 heavy (non-hydrogen) atoms. The number of nitrogens with one attached hydrogen (secondary N) is 1. The second-order valence-electron chi connectivity index (χ2n) is 4.86. The van der Waals surface area contributed by atoms with E-state index in [1.165, 1.54) is 0 Å². The van der Waals surface area contributed by atoms with E-state index >= 15 is 0 Å². The lowest BCUT2D eigenvalue weighted by molar-refractivity contribution is 0.00284. The first kappa shape index (κ1) is 13.8. The minimum absolute atomic E-state index is 0.000636. The first-order chi connectivity index (χ1) is 9.06. The van der Waals surface area contributed by atoms with Crippen molar-refractivity contribution in [1.82, 2.24) is 15.0 Å². The molecule has 1 aliphatic carbocycles. The molecule has 106 valence electrons. The normalized spacial score (nSPS) is 22.1. The molecule has 7 nitrogen and oxygen atoms in total. The fourth-order valence-corrected chi connectivity index (χ4v) is 1.94. The van der Waals surface area contributed by atoms with Crippen molar-refractivity contribution in [1.29, 1.82) is 0 Å². The van der Waals surface area contributed by atoms with Crippen LogP contribution in [0.1, 0.15) is 33.6 Å². The SMILES string of the molecule is CCOC1CC(Nc2nc(N)nc(OC(C)C)n2)C1. The zero-order valence-electron chi connectivity index (χ0n) is 11.6. The smallest absolute Gasteiger partial charge is 0.323 e. The summed E-state index contributed by atoms with van der Waals surface area (Å²) in [7, 11) is 0. The van der Waals surface area contributed by atoms with Crippen LogP contribution >= 0.6 is 0 Å². The van der Waals surface area contributed by atoms with Crippen molar-refractivity contribution in [2.24, 2.45) is 0 Å². The highest BCUT2D eigenvalue weighted by Crippen LogP contribution is 2.26. The lowest BCUT2D eigenvalue weighted by Gasteiger charge is -2.35. The molecule has 1 heterocycles. The summed E-state index contributed by atoms with van der Waals surface area (Å²) in [4.78, 5) is 12.2. The maximum Gasteiger partial charge on any atom is 0.323 e. The Morgan fingerprint density at radius 1 is 1.32 bits per heavy atom. The standard InChI is InChI=1S/C12H21N5O2/c1-4-18-9-5-8(6-9)14-11-15-10(13)16-12(17-11)19-7(2)3/h7-9H,4-6H2,1-3H3,(H3,13,14,15,16,17). The first-order valence-corrected chi connectivity index (χ1v) is 6.63. The summed E-state index contributed by atoms with van der Waals surface area (Å²) < 4.78 is 10.9. The maximum atomic E-state index is 5.64. The third-order valence-electron chi connectivity index (χ3n) is 2.80. The van der Waals surface area contributed by atoms with Crippen LogP contribution in [0.25, 0.3) is 0 Å². The van der Waals surface area contributed by atoms with Gasteiger partial charge < -0.3 is 20.5 Å². The van der Waals surface area contributed by atoms with Crippen molar-refractivity contribution in [3.63, 3.8) is 0 Å². The van der Waals surface area contributed by atoms with Crippen molar-refractivity contribution in [3.8, 4) is 6.01 Å². The molecule has 3 N–H and O–H groups in total. The molecule has 0 radical (unpaired) electrons.